The van der Waals surface area contributed by atoms with Gasteiger partial charge in [-0.05, 0) is 71.1 Å². The molecule has 0 saturated heterocycles. The smallest absolute Gasteiger partial charge is 0.127 e. The van der Waals surface area contributed by atoms with Crippen LogP contribution >= 0.6 is 31.9 Å². The average Bonchev–Trinajstić information content (AvgIpc) is 3.53. The molecule has 0 spiro atoms. The van der Waals surface area contributed by atoms with Gasteiger partial charge in [0.2, 0.25) is 0 Å². The Morgan fingerprint density at radius 3 is 1.37 bits per heavy atom. The number of hydrogen-bond acceptors (Lipinski definition) is 0. The minimum atomic E-state index is -0.568. The topological polar surface area (TPSA) is 4.93 Å². The molecular formula is C37H24Br2F3N. The highest BCUT2D eigenvalue weighted by Crippen LogP contribution is 2.36. The maximum absolute atomic E-state index is 13.8. The van der Waals surface area contributed by atoms with Gasteiger partial charge in [-0.3, -0.25) is 0 Å². The van der Waals surface area contributed by atoms with Crippen LogP contribution in [0.5, 0.6) is 0 Å². The van der Waals surface area contributed by atoms with Crippen LogP contribution in [0, 0.1) is 17.5 Å². The summed E-state index contributed by atoms with van der Waals surface area (Å²) < 4.78 is 41.3. The summed E-state index contributed by atoms with van der Waals surface area (Å²) in [5.74, 6) is -1.38. The van der Waals surface area contributed by atoms with Gasteiger partial charge in [0.15, 0.2) is 0 Å². The van der Waals surface area contributed by atoms with Gasteiger partial charge in [-0.25, -0.2) is 13.2 Å². The first kappa shape index (κ1) is 29.0. The van der Waals surface area contributed by atoms with Crippen molar-refractivity contribution in [3.8, 4) is 16.8 Å². The van der Waals surface area contributed by atoms with Crippen molar-refractivity contribution in [1.29, 1.82) is 0 Å². The zero-order chi connectivity index (χ0) is 29.9. The van der Waals surface area contributed by atoms with Gasteiger partial charge in [-0.2, -0.15) is 0 Å². The lowest BCUT2D eigenvalue weighted by atomic mass is 10.1. The van der Waals surface area contributed by atoms with Gasteiger partial charge in [0.25, 0.3) is 0 Å². The van der Waals surface area contributed by atoms with Crippen molar-refractivity contribution in [2.24, 2.45) is 0 Å². The fourth-order valence-corrected chi connectivity index (χ4v) is 6.36. The van der Waals surface area contributed by atoms with Crippen molar-refractivity contribution >= 4 is 53.7 Å². The van der Waals surface area contributed by atoms with E-state index in [1.807, 2.05) is 30.3 Å². The number of aromatic nitrogens is 1. The third-order valence-electron chi connectivity index (χ3n) is 7.22. The molecule has 8 rings (SSSR count). The largest absolute Gasteiger partial charge is 0.309 e. The molecule has 1 heterocycles. The second kappa shape index (κ2) is 12.6. The number of halogens is 5. The second-order valence-corrected chi connectivity index (χ2v) is 11.9. The first-order chi connectivity index (χ1) is 20.9. The van der Waals surface area contributed by atoms with Crippen molar-refractivity contribution in [3.63, 3.8) is 0 Å². The first-order valence-corrected chi connectivity index (χ1v) is 15.2. The van der Waals surface area contributed by atoms with Crippen LogP contribution in [0.25, 0.3) is 38.6 Å². The number of para-hydroxylation sites is 2. The summed E-state index contributed by atoms with van der Waals surface area (Å²) in [7, 11) is 0. The average molecular weight is 699 g/mol. The van der Waals surface area contributed by atoms with Crippen LogP contribution in [-0.2, 0) is 6.42 Å². The van der Waals surface area contributed by atoms with E-state index in [-0.39, 0.29) is 5.82 Å². The normalized spacial score (nSPS) is 11.3. The fraction of sp³-hybridized carbons (Fsp3) is 0.0270. The van der Waals surface area contributed by atoms with Gasteiger partial charge in [-0.1, -0.05) is 117 Å². The molecule has 0 radical (unpaired) electrons. The van der Waals surface area contributed by atoms with Crippen LogP contribution in [0.1, 0.15) is 11.1 Å². The van der Waals surface area contributed by atoms with Crippen LogP contribution < -0.4 is 0 Å². The summed E-state index contributed by atoms with van der Waals surface area (Å²) >= 11 is 6.31. The first-order valence-electron chi connectivity index (χ1n) is 13.6. The van der Waals surface area contributed by atoms with E-state index in [0.29, 0.717) is 4.47 Å². The number of fused-ring (bicyclic) bond motifs is 6. The van der Waals surface area contributed by atoms with Crippen molar-refractivity contribution < 1.29 is 13.2 Å². The molecule has 0 bridgehead atoms. The van der Waals surface area contributed by atoms with E-state index in [9.17, 15) is 13.2 Å². The van der Waals surface area contributed by atoms with Crippen LogP contribution in [-0.4, -0.2) is 4.57 Å². The Morgan fingerprint density at radius 2 is 0.884 bits per heavy atom. The predicted octanol–water partition coefficient (Wildman–Crippen LogP) is 11.7. The van der Waals surface area contributed by atoms with Gasteiger partial charge >= 0.3 is 0 Å². The van der Waals surface area contributed by atoms with Gasteiger partial charge < -0.3 is 4.57 Å². The Kier molecular flexibility index (Phi) is 8.50. The lowest BCUT2D eigenvalue weighted by Gasteiger charge is -2.08. The van der Waals surface area contributed by atoms with E-state index in [2.05, 4.69) is 109 Å². The van der Waals surface area contributed by atoms with Crippen LogP contribution in [0.2, 0.25) is 0 Å². The molecule has 0 unspecified atom stereocenters. The molecule has 212 valence electrons. The van der Waals surface area contributed by atoms with Crippen molar-refractivity contribution in [2.45, 2.75) is 6.42 Å². The summed E-state index contributed by atoms with van der Waals surface area (Å²) in [4.78, 5) is 0. The highest BCUT2D eigenvalue weighted by Gasteiger charge is 2.16. The molecule has 6 aromatic carbocycles. The van der Waals surface area contributed by atoms with E-state index >= 15 is 0 Å². The summed E-state index contributed by atoms with van der Waals surface area (Å²) in [6, 6.07) is 41.9. The van der Waals surface area contributed by atoms with E-state index in [0.717, 1.165) is 33.7 Å². The molecular weight excluding hydrogens is 675 g/mol. The minimum Gasteiger partial charge on any atom is -0.309 e. The molecule has 0 atom stereocenters. The van der Waals surface area contributed by atoms with E-state index < -0.39 is 11.6 Å². The molecule has 43 heavy (non-hydrogen) atoms. The van der Waals surface area contributed by atoms with E-state index in [1.165, 1.54) is 51.2 Å². The molecule has 1 nitrogen and oxygen atoms in total. The predicted molar refractivity (Wildman–Crippen MR) is 177 cm³/mol. The minimum absolute atomic E-state index is 0.249. The fourth-order valence-electron chi connectivity index (χ4n) is 5.47. The third kappa shape index (κ3) is 6.31. The van der Waals surface area contributed by atoms with Gasteiger partial charge in [0, 0.05) is 25.8 Å². The van der Waals surface area contributed by atoms with Gasteiger partial charge in [0.05, 0.1) is 16.7 Å². The van der Waals surface area contributed by atoms with Crippen molar-refractivity contribution in [3.05, 3.63) is 171 Å². The monoisotopic (exact) mass is 697 g/mol. The number of rotatable bonds is 1. The SMILES string of the molecule is Fc1cc(Br)cc(-n2c3ccccc3c3ccccc32)c1.Fc1cc(F)cc(Br)c1.c1ccc2c(c1)Cc1ccccc1-2. The van der Waals surface area contributed by atoms with E-state index in [4.69, 9.17) is 0 Å². The molecule has 0 amide bonds. The van der Waals surface area contributed by atoms with Crippen LogP contribution in [0.15, 0.2) is 142 Å². The van der Waals surface area contributed by atoms with Crippen molar-refractivity contribution in [1.82, 2.24) is 4.57 Å². The second-order valence-electron chi connectivity index (χ2n) is 10.1. The molecule has 1 aliphatic rings. The Bertz CT molecular complexity index is 1920. The Balaban J connectivity index is 0.000000127. The summed E-state index contributed by atoms with van der Waals surface area (Å²) in [6.45, 7) is 0. The molecule has 0 saturated carbocycles. The zero-order valence-corrected chi connectivity index (χ0v) is 25.9. The molecule has 0 aliphatic heterocycles. The molecule has 7 aromatic rings. The van der Waals surface area contributed by atoms with Crippen LogP contribution in [0.4, 0.5) is 13.2 Å². The van der Waals surface area contributed by atoms with E-state index in [1.54, 1.807) is 6.07 Å². The third-order valence-corrected chi connectivity index (χ3v) is 8.13. The maximum atomic E-state index is 13.8. The summed E-state index contributed by atoms with van der Waals surface area (Å²) in [5.41, 5.74) is 8.73. The van der Waals surface area contributed by atoms with Gasteiger partial charge in [0.1, 0.15) is 17.5 Å². The Morgan fingerprint density at radius 1 is 0.465 bits per heavy atom. The summed E-state index contributed by atoms with van der Waals surface area (Å²) in [6.07, 6.45) is 1.10. The molecule has 0 N–H and O–H groups in total. The number of hydrogen-bond donors (Lipinski definition) is 0. The lowest BCUT2D eigenvalue weighted by molar-refractivity contribution is 0.582. The number of nitrogens with zero attached hydrogens (tertiary/aromatic N) is 1. The maximum Gasteiger partial charge on any atom is 0.127 e. The lowest BCUT2D eigenvalue weighted by Crippen LogP contribution is -1.94. The summed E-state index contributed by atoms with van der Waals surface area (Å²) in [5, 5.41) is 2.35. The highest BCUT2D eigenvalue weighted by molar-refractivity contribution is 9.10. The Labute approximate surface area is 264 Å². The molecule has 6 heteroatoms. The Hall–Kier alpha value is -4.13. The zero-order valence-electron chi connectivity index (χ0n) is 22.7. The molecule has 0 fully saturated rings. The molecule has 1 aliphatic carbocycles. The molecule has 1 aromatic heterocycles. The quantitative estimate of drug-likeness (QED) is 0.161. The van der Waals surface area contributed by atoms with Crippen molar-refractivity contribution in [2.75, 3.05) is 0 Å². The van der Waals surface area contributed by atoms with Gasteiger partial charge in [-0.15, -0.1) is 0 Å². The van der Waals surface area contributed by atoms with Crippen LogP contribution in [0.3, 0.4) is 0 Å². The number of benzene rings is 6. The highest BCUT2D eigenvalue weighted by atomic mass is 79.9. The standard InChI is InChI=1S/C18H11BrFN.C13H10.C6H3BrF2/c19-12-9-13(20)11-14(10-12)21-17-7-3-1-5-15(17)16-6-2-4-8-18(16)21;1-3-7-12-10(5-1)9-11-6-2-4-8-13(11)12;7-4-1-5(8)3-6(9)2-4/h1-11H;1-8H,9H2;1-3H.